The highest BCUT2D eigenvalue weighted by Crippen LogP contribution is 2.43. The summed E-state index contributed by atoms with van der Waals surface area (Å²) in [5.41, 5.74) is 5.34. The average Bonchev–Trinajstić information content (AvgIpc) is 3.21. The Morgan fingerprint density at radius 3 is 1.45 bits per heavy atom. The second-order valence-corrected chi connectivity index (χ2v) is 15.0. The number of nitrogens with two attached hydrogens (primary N) is 1. The molecule has 2 atom stereocenters. The number of unbranched alkanes of at least 4 members (excludes halogenated alkanes) is 7. The molecule has 0 rings (SSSR count). The molecule has 0 aliphatic carbocycles. The van der Waals surface area contributed by atoms with Gasteiger partial charge in [-0.25, -0.2) is 4.57 Å². The molecule has 58 heavy (non-hydrogen) atoms. The minimum Gasteiger partial charge on any atom is -0.462 e. The largest absolute Gasteiger partial charge is 0.472 e. The van der Waals surface area contributed by atoms with Crippen molar-refractivity contribution in [2.45, 2.75) is 141 Å². The van der Waals surface area contributed by atoms with Gasteiger partial charge in [0.1, 0.15) is 6.61 Å². The Balaban J connectivity index is 4.34. The molecule has 4 N–H and O–H groups in total. The van der Waals surface area contributed by atoms with Crippen LogP contribution in [0, 0.1) is 0 Å². The number of esters is 2. The second-order valence-electron chi connectivity index (χ2n) is 13.5. The van der Waals surface area contributed by atoms with Crippen molar-refractivity contribution in [2.75, 3.05) is 33.0 Å². The van der Waals surface area contributed by atoms with E-state index in [9.17, 15) is 19.0 Å². The topological polar surface area (TPSA) is 155 Å². The summed E-state index contributed by atoms with van der Waals surface area (Å²) in [5, 5.41) is 8.79. The van der Waals surface area contributed by atoms with Crippen LogP contribution in [-0.4, -0.2) is 61.0 Å². The van der Waals surface area contributed by atoms with Crippen molar-refractivity contribution in [2.24, 2.45) is 5.73 Å². The lowest BCUT2D eigenvalue weighted by atomic mass is 10.1. The van der Waals surface area contributed by atoms with Gasteiger partial charge in [0.05, 0.1) is 13.2 Å². The van der Waals surface area contributed by atoms with Crippen LogP contribution in [-0.2, 0) is 32.7 Å². The molecule has 0 spiro atoms. The number of rotatable bonds is 39. The van der Waals surface area contributed by atoms with Crippen LogP contribution in [0.25, 0.3) is 0 Å². The van der Waals surface area contributed by atoms with E-state index in [4.69, 9.17) is 29.4 Å². The number of hydrogen-bond acceptors (Lipinski definition) is 9. The van der Waals surface area contributed by atoms with Gasteiger partial charge in [0.2, 0.25) is 0 Å². The molecular formula is C47H76NO9P. The van der Waals surface area contributed by atoms with Gasteiger partial charge in [0, 0.05) is 26.0 Å². The van der Waals surface area contributed by atoms with Gasteiger partial charge in [-0.1, -0.05) is 129 Å². The quantitative estimate of drug-likeness (QED) is 0.0236. The van der Waals surface area contributed by atoms with Gasteiger partial charge in [-0.3, -0.25) is 18.6 Å². The summed E-state index contributed by atoms with van der Waals surface area (Å²) in [5.74, 6) is -0.959. The van der Waals surface area contributed by atoms with Crippen LogP contribution in [0.3, 0.4) is 0 Å². The summed E-state index contributed by atoms with van der Waals surface area (Å²) in [6.45, 7) is 1.48. The van der Waals surface area contributed by atoms with Gasteiger partial charge in [0.25, 0.3) is 0 Å². The van der Waals surface area contributed by atoms with Gasteiger partial charge in [-0.2, -0.15) is 0 Å². The molecule has 0 aromatic carbocycles. The number of aliphatic hydroxyl groups is 1. The Kier molecular flexibility index (Phi) is 40.7. The van der Waals surface area contributed by atoms with E-state index >= 15 is 0 Å². The van der Waals surface area contributed by atoms with E-state index in [-0.39, 0.29) is 39.2 Å². The highest BCUT2D eigenvalue weighted by atomic mass is 31.2. The van der Waals surface area contributed by atoms with E-state index in [1.54, 1.807) is 0 Å². The first-order valence-electron chi connectivity index (χ1n) is 21.5. The number of carbonyl (C=O) groups excluding carboxylic acids is 2. The average molecular weight is 830 g/mol. The maximum absolute atomic E-state index is 12.6. The van der Waals surface area contributed by atoms with Crippen molar-refractivity contribution in [1.29, 1.82) is 0 Å². The third kappa shape index (κ3) is 42.2. The molecule has 0 aliphatic rings. The van der Waals surface area contributed by atoms with E-state index in [2.05, 4.69) is 104 Å². The molecule has 0 bridgehead atoms. The Bertz CT molecular complexity index is 1310. The number of phosphoric ester groups is 1. The molecule has 0 saturated heterocycles. The van der Waals surface area contributed by atoms with Crippen LogP contribution < -0.4 is 5.73 Å². The Hall–Kier alpha value is -3.37. The zero-order valence-electron chi connectivity index (χ0n) is 35.4. The van der Waals surface area contributed by atoms with Gasteiger partial charge >= 0.3 is 19.8 Å². The molecule has 10 nitrogen and oxygen atoms in total. The lowest BCUT2D eigenvalue weighted by Crippen LogP contribution is -2.29. The van der Waals surface area contributed by atoms with Crippen LogP contribution in [0.2, 0.25) is 0 Å². The highest BCUT2D eigenvalue weighted by molar-refractivity contribution is 7.47. The monoisotopic (exact) mass is 830 g/mol. The predicted molar refractivity (Wildman–Crippen MR) is 239 cm³/mol. The predicted octanol–water partition coefficient (Wildman–Crippen LogP) is 11.4. The van der Waals surface area contributed by atoms with Crippen molar-refractivity contribution < 1.29 is 42.7 Å². The molecule has 0 amide bonds. The smallest absolute Gasteiger partial charge is 0.462 e. The van der Waals surface area contributed by atoms with Crippen LogP contribution in [0.5, 0.6) is 0 Å². The molecule has 0 aliphatic heterocycles. The van der Waals surface area contributed by atoms with Crippen molar-refractivity contribution in [1.82, 2.24) is 0 Å². The summed E-state index contributed by atoms with van der Waals surface area (Å²) >= 11 is 0. The zero-order chi connectivity index (χ0) is 42.5. The lowest BCUT2D eigenvalue weighted by molar-refractivity contribution is -0.161. The molecule has 1 unspecified atom stereocenters. The normalized spacial score (nSPS) is 14.3. The van der Waals surface area contributed by atoms with Crippen molar-refractivity contribution in [3.05, 3.63) is 109 Å². The molecular weight excluding hydrogens is 753 g/mol. The SMILES string of the molecule is CC/C=C\C/C=C\C/C=C\C/C=C\C/C=C\CCCCCC(=O)OC[C@H](COP(=O)(O)OCCN)OC(=O)CCC/C=C\C/C=C\C/C=C\C/C=C\CCCCCO. The lowest BCUT2D eigenvalue weighted by Gasteiger charge is -2.19. The van der Waals surface area contributed by atoms with Gasteiger partial charge < -0.3 is 25.2 Å². The number of hydrogen-bond donors (Lipinski definition) is 3. The minimum absolute atomic E-state index is 0.0287. The fourth-order valence-corrected chi connectivity index (χ4v) is 5.81. The molecule has 0 fully saturated rings. The van der Waals surface area contributed by atoms with Crippen molar-refractivity contribution in [3.8, 4) is 0 Å². The van der Waals surface area contributed by atoms with Crippen LogP contribution in [0.4, 0.5) is 0 Å². The van der Waals surface area contributed by atoms with E-state index in [0.717, 1.165) is 96.3 Å². The van der Waals surface area contributed by atoms with E-state index in [1.807, 2.05) is 12.2 Å². The fourth-order valence-electron chi connectivity index (χ4n) is 5.04. The van der Waals surface area contributed by atoms with Crippen LogP contribution >= 0.6 is 7.82 Å². The Labute approximate surface area is 351 Å². The van der Waals surface area contributed by atoms with Crippen LogP contribution in [0.1, 0.15) is 135 Å². The number of carbonyl (C=O) groups is 2. The summed E-state index contributed by atoms with van der Waals surface area (Å²) in [6, 6.07) is 0. The number of aliphatic hydroxyl groups excluding tert-OH is 1. The minimum atomic E-state index is -4.41. The molecule has 0 heterocycles. The molecule has 11 heteroatoms. The van der Waals surface area contributed by atoms with Gasteiger partial charge in [0.15, 0.2) is 6.10 Å². The Morgan fingerprint density at radius 1 is 0.552 bits per heavy atom. The van der Waals surface area contributed by atoms with Crippen LogP contribution in [0.15, 0.2) is 109 Å². The zero-order valence-corrected chi connectivity index (χ0v) is 36.3. The molecule has 0 radical (unpaired) electrons. The summed E-state index contributed by atoms with van der Waals surface area (Å²) < 4.78 is 32.7. The summed E-state index contributed by atoms with van der Waals surface area (Å²) in [7, 11) is -4.41. The van der Waals surface area contributed by atoms with Crippen molar-refractivity contribution in [3.63, 3.8) is 0 Å². The summed E-state index contributed by atoms with van der Waals surface area (Å²) in [4.78, 5) is 34.8. The first-order valence-corrected chi connectivity index (χ1v) is 23.0. The standard InChI is InChI=1S/C47H76NO9P/c1-2-3-4-5-6-7-8-9-10-11-12-14-17-20-23-26-29-32-35-38-46(50)54-43-45(44-56-58(52,53)55-42-40-48)57-47(51)39-36-33-30-27-24-21-18-15-13-16-19-22-25-28-31-34-37-41-49/h3-4,6-7,9-10,12-14,16,18,20-23,25,27,30,45,49H,2,5,8,11,15,17,19,24,26,28-29,31-44,48H2,1H3,(H,52,53)/b4-3-,7-6-,10-9-,14-12-,16-13-,21-18-,23-20-,25-22-,30-27-/t45-/m1/s1. The maximum atomic E-state index is 12.6. The van der Waals surface area contributed by atoms with Gasteiger partial charge in [-0.15, -0.1) is 0 Å². The fraction of sp³-hybridized carbons (Fsp3) is 0.574. The number of allylic oxidation sites excluding steroid dienone is 18. The van der Waals surface area contributed by atoms with E-state index in [1.165, 1.54) is 0 Å². The third-order valence-corrected chi connectivity index (χ3v) is 9.18. The first-order chi connectivity index (χ1) is 28.3. The first kappa shape index (κ1) is 54.6. The number of ether oxygens (including phenoxy) is 2. The summed E-state index contributed by atoms with van der Waals surface area (Å²) in [6.07, 6.45) is 54.2. The van der Waals surface area contributed by atoms with E-state index < -0.39 is 32.5 Å². The van der Waals surface area contributed by atoms with Crippen molar-refractivity contribution >= 4 is 19.8 Å². The molecule has 328 valence electrons. The number of phosphoric acid groups is 1. The van der Waals surface area contributed by atoms with E-state index in [0.29, 0.717) is 19.3 Å². The molecule has 0 aromatic heterocycles. The Morgan fingerprint density at radius 2 is 0.983 bits per heavy atom. The third-order valence-electron chi connectivity index (χ3n) is 8.20. The molecule has 0 aromatic rings. The maximum Gasteiger partial charge on any atom is 0.472 e. The highest BCUT2D eigenvalue weighted by Gasteiger charge is 2.25. The second kappa shape index (κ2) is 43.2. The van der Waals surface area contributed by atoms with Gasteiger partial charge in [-0.05, 0) is 103 Å². The molecule has 0 saturated carbocycles.